The summed E-state index contributed by atoms with van der Waals surface area (Å²) >= 11 is 0. The Morgan fingerprint density at radius 2 is 1.97 bits per heavy atom. The number of fused-ring (bicyclic) bond motifs is 1. The van der Waals surface area contributed by atoms with Crippen molar-refractivity contribution in [2.24, 2.45) is 0 Å². The second-order valence-corrected chi connectivity index (χ2v) is 7.19. The van der Waals surface area contributed by atoms with Crippen molar-refractivity contribution in [2.45, 2.75) is 56.9 Å². The van der Waals surface area contributed by atoms with Crippen LogP contribution in [0, 0.1) is 0 Å². The van der Waals surface area contributed by atoms with Crippen LogP contribution in [0.3, 0.4) is 0 Å². The summed E-state index contributed by atoms with van der Waals surface area (Å²) in [6.45, 7) is 1.97. The van der Waals surface area contributed by atoms with Gasteiger partial charge in [0.15, 0.2) is 18.7 Å². The van der Waals surface area contributed by atoms with E-state index in [0.29, 0.717) is 0 Å². The first-order chi connectivity index (χ1) is 14.4. The third kappa shape index (κ3) is 5.54. The highest BCUT2D eigenvalue weighted by Crippen LogP contribution is 2.35. The van der Waals surface area contributed by atoms with Crippen LogP contribution in [0.4, 0.5) is 0 Å². The van der Waals surface area contributed by atoms with Crippen LogP contribution in [0.2, 0.25) is 0 Å². The quantitative estimate of drug-likeness (QED) is 0.501. The Hall–Kier alpha value is -2.08. The Balaban J connectivity index is 1.84. The van der Waals surface area contributed by atoms with Crippen LogP contribution in [0.25, 0.3) is 0 Å². The number of benzene rings is 1. The maximum absolute atomic E-state index is 11.8. The molecule has 7 atom stereocenters. The molecule has 10 nitrogen and oxygen atoms in total. The molecule has 1 unspecified atom stereocenters. The Morgan fingerprint density at radius 3 is 2.60 bits per heavy atom. The summed E-state index contributed by atoms with van der Waals surface area (Å²) in [5.74, 6) is -0.946. The van der Waals surface area contributed by atoms with Gasteiger partial charge in [0.2, 0.25) is 5.91 Å². The largest absolute Gasteiger partial charge is 0.457 e. The number of aliphatic hydroxyl groups excluding tert-OH is 2. The average molecular weight is 425 g/mol. The minimum Gasteiger partial charge on any atom is -0.457 e. The number of nitrogens with one attached hydrogen (secondary N) is 1. The standard InChI is InChI=1S/C20H27NO9/c1-11(23)21-16-18(28-12(2)24)17-15(29-20(16)26-9-14(25)8-22)10-27-19(30-17)13-6-4-3-5-7-13/h3-7,14-20,22,25H,8-10H2,1-2H3,(H,21,23)/t14-,15-,16-,17-,18-,19?,20-/m1/s1. The second-order valence-electron chi connectivity index (χ2n) is 7.19. The lowest BCUT2D eigenvalue weighted by molar-refractivity contribution is -0.346. The van der Waals surface area contributed by atoms with Gasteiger partial charge >= 0.3 is 5.97 Å². The number of esters is 1. The first kappa shape index (κ1) is 22.6. The fourth-order valence-electron chi connectivity index (χ4n) is 3.47. The molecule has 166 valence electrons. The number of carbonyl (C=O) groups excluding carboxylic acids is 2. The van der Waals surface area contributed by atoms with Crippen LogP contribution in [0.5, 0.6) is 0 Å². The number of rotatable bonds is 7. The lowest BCUT2D eigenvalue weighted by Gasteiger charge is -2.48. The topological polar surface area (TPSA) is 133 Å². The molecule has 1 aromatic carbocycles. The first-order valence-corrected chi connectivity index (χ1v) is 9.71. The van der Waals surface area contributed by atoms with Crippen LogP contribution in [-0.2, 0) is 33.3 Å². The van der Waals surface area contributed by atoms with Gasteiger partial charge in [-0.3, -0.25) is 9.59 Å². The molecule has 2 heterocycles. The minimum absolute atomic E-state index is 0.136. The van der Waals surface area contributed by atoms with Crippen LogP contribution in [0.15, 0.2) is 30.3 Å². The molecule has 0 spiro atoms. The Kier molecular flexibility index (Phi) is 7.75. The Morgan fingerprint density at radius 1 is 1.23 bits per heavy atom. The van der Waals surface area contributed by atoms with E-state index < -0.39 is 55.6 Å². The molecule has 2 aliphatic rings. The molecule has 2 saturated heterocycles. The van der Waals surface area contributed by atoms with E-state index in [0.717, 1.165) is 5.56 Å². The molecule has 0 bridgehead atoms. The Bertz CT molecular complexity index is 715. The first-order valence-electron chi connectivity index (χ1n) is 9.71. The van der Waals surface area contributed by atoms with Gasteiger partial charge in [-0.25, -0.2) is 0 Å². The molecule has 3 rings (SSSR count). The van der Waals surface area contributed by atoms with Crippen molar-refractivity contribution in [3.05, 3.63) is 35.9 Å². The highest BCUT2D eigenvalue weighted by molar-refractivity contribution is 5.73. The maximum atomic E-state index is 11.8. The predicted molar refractivity (Wildman–Crippen MR) is 101 cm³/mol. The second kappa shape index (κ2) is 10.3. The van der Waals surface area contributed by atoms with Gasteiger partial charge in [-0.05, 0) is 0 Å². The van der Waals surface area contributed by atoms with Crippen molar-refractivity contribution >= 4 is 11.9 Å². The van der Waals surface area contributed by atoms with Gasteiger partial charge in [0.25, 0.3) is 0 Å². The van der Waals surface area contributed by atoms with E-state index in [1.165, 1.54) is 13.8 Å². The van der Waals surface area contributed by atoms with Crippen LogP contribution >= 0.6 is 0 Å². The molecule has 1 amide bonds. The zero-order chi connectivity index (χ0) is 21.7. The van der Waals surface area contributed by atoms with E-state index in [9.17, 15) is 14.7 Å². The highest BCUT2D eigenvalue weighted by Gasteiger charge is 2.52. The molecular weight excluding hydrogens is 398 g/mol. The molecule has 30 heavy (non-hydrogen) atoms. The smallest absolute Gasteiger partial charge is 0.303 e. The Labute approximate surface area is 174 Å². The van der Waals surface area contributed by atoms with Crippen molar-refractivity contribution in [2.75, 3.05) is 19.8 Å². The summed E-state index contributed by atoms with van der Waals surface area (Å²) in [4.78, 5) is 23.6. The monoisotopic (exact) mass is 425 g/mol. The summed E-state index contributed by atoms with van der Waals surface area (Å²) < 4.78 is 28.9. The lowest BCUT2D eigenvalue weighted by atomic mass is 9.95. The predicted octanol–water partition coefficient (Wildman–Crippen LogP) is -0.368. The number of amides is 1. The summed E-state index contributed by atoms with van der Waals surface area (Å²) in [6.07, 6.45) is -5.17. The number of carbonyl (C=O) groups is 2. The van der Waals surface area contributed by atoms with Crippen LogP contribution in [0.1, 0.15) is 25.7 Å². The SMILES string of the molecule is CC(=O)N[C@H]1[C@H](OC[C@H](O)CO)O[C@@H]2COC(c3ccccc3)O[C@H]2[C@@H]1OC(C)=O. The fourth-order valence-corrected chi connectivity index (χ4v) is 3.47. The molecule has 0 radical (unpaired) electrons. The van der Waals surface area contributed by atoms with E-state index in [2.05, 4.69) is 5.32 Å². The molecule has 3 N–H and O–H groups in total. The number of ether oxygens (including phenoxy) is 5. The van der Waals surface area contributed by atoms with Gasteiger partial charge in [0.1, 0.15) is 24.4 Å². The summed E-state index contributed by atoms with van der Waals surface area (Å²) in [5, 5.41) is 21.3. The molecular formula is C20H27NO9. The van der Waals surface area contributed by atoms with Gasteiger partial charge in [-0.15, -0.1) is 0 Å². The van der Waals surface area contributed by atoms with Gasteiger partial charge < -0.3 is 39.2 Å². The van der Waals surface area contributed by atoms with E-state index in [1.807, 2.05) is 30.3 Å². The molecule has 0 aliphatic carbocycles. The summed E-state index contributed by atoms with van der Waals surface area (Å²) in [6, 6.07) is 8.38. The molecule has 0 aromatic heterocycles. The number of aliphatic hydroxyl groups is 2. The van der Waals surface area contributed by atoms with Crippen LogP contribution in [-0.4, -0.2) is 78.7 Å². The molecule has 2 fully saturated rings. The number of hydrogen-bond donors (Lipinski definition) is 3. The van der Waals surface area contributed by atoms with Crippen molar-refractivity contribution in [1.29, 1.82) is 0 Å². The molecule has 0 saturated carbocycles. The molecule has 2 aliphatic heterocycles. The van der Waals surface area contributed by atoms with Gasteiger partial charge in [0.05, 0.1) is 19.8 Å². The van der Waals surface area contributed by atoms with E-state index >= 15 is 0 Å². The van der Waals surface area contributed by atoms with E-state index in [4.69, 9.17) is 28.8 Å². The van der Waals surface area contributed by atoms with E-state index in [1.54, 1.807) is 0 Å². The summed E-state index contributed by atoms with van der Waals surface area (Å²) in [7, 11) is 0. The van der Waals surface area contributed by atoms with Crippen LogP contribution < -0.4 is 5.32 Å². The fraction of sp³-hybridized carbons (Fsp3) is 0.600. The highest BCUT2D eigenvalue weighted by atomic mass is 16.8. The average Bonchev–Trinajstić information content (AvgIpc) is 2.73. The lowest BCUT2D eigenvalue weighted by Crippen LogP contribution is -2.67. The molecule has 10 heteroatoms. The zero-order valence-corrected chi connectivity index (χ0v) is 16.8. The summed E-state index contributed by atoms with van der Waals surface area (Å²) in [5.41, 5.74) is 0.790. The van der Waals surface area contributed by atoms with Crippen molar-refractivity contribution < 1.29 is 43.5 Å². The minimum atomic E-state index is -1.13. The van der Waals surface area contributed by atoms with E-state index in [-0.39, 0.29) is 19.1 Å². The molecule has 1 aromatic rings. The van der Waals surface area contributed by atoms with Gasteiger partial charge in [0, 0.05) is 19.4 Å². The van der Waals surface area contributed by atoms with Crippen molar-refractivity contribution in [1.82, 2.24) is 5.32 Å². The third-order valence-electron chi connectivity index (χ3n) is 4.75. The maximum Gasteiger partial charge on any atom is 0.303 e. The number of hydrogen-bond acceptors (Lipinski definition) is 9. The normalized spacial score (nSPS) is 32.0. The van der Waals surface area contributed by atoms with Gasteiger partial charge in [-0.1, -0.05) is 30.3 Å². The van der Waals surface area contributed by atoms with Crippen molar-refractivity contribution in [3.63, 3.8) is 0 Å². The van der Waals surface area contributed by atoms with Gasteiger partial charge in [-0.2, -0.15) is 0 Å². The zero-order valence-electron chi connectivity index (χ0n) is 16.8. The van der Waals surface area contributed by atoms with Crippen molar-refractivity contribution in [3.8, 4) is 0 Å². The third-order valence-corrected chi connectivity index (χ3v) is 4.75.